The quantitative estimate of drug-likeness (QED) is 0.898. The highest BCUT2D eigenvalue weighted by molar-refractivity contribution is 5.20. The number of nitrogens with one attached hydrogen (secondary N) is 1. The number of hydrogen-bond acceptors (Lipinski definition) is 2. The van der Waals surface area contributed by atoms with E-state index in [1.54, 1.807) is 0 Å². The summed E-state index contributed by atoms with van der Waals surface area (Å²) in [7, 11) is 0. The van der Waals surface area contributed by atoms with Crippen molar-refractivity contribution in [2.24, 2.45) is 0 Å². The Hall–Kier alpha value is -0.860. The minimum absolute atomic E-state index is 0.425. The highest BCUT2D eigenvalue weighted by Crippen LogP contribution is 2.37. The van der Waals surface area contributed by atoms with Gasteiger partial charge in [-0.3, -0.25) is 4.90 Å². The molecule has 116 valence electrons. The molecule has 21 heavy (non-hydrogen) atoms. The zero-order valence-corrected chi connectivity index (χ0v) is 13.6. The molecule has 1 heterocycles. The van der Waals surface area contributed by atoms with Crippen LogP contribution in [0.5, 0.6) is 0 Å². The number of hydrogen-bond donors (Lipinski definition) is 1. The Morgan fingerprint density at radius 2 is 1.86 bits per heavy atom. The van der Waals surface area contributed by atoms with Crippen molar-refractivity contribution in [1.29, 1.82) is 0 Å². The van der Waals surface area contributed by atoms with E-state index in [4.69, 9.17) is 0 Å². The maximum absolute atomic E-state index is 3.78. The molecule has 2 unspecified atom stereocenters. The Labute approximate surface area is 129 Å². The Balaban J connectivity index is 1.78. The van der Waals surface area contributed by atoms with Gasteiger partial charge in [0, 0.05) is 30.7 Å². The summed E-state index contributed by atoms with van der Waals surface area (Å²) in [5.41, 5.74) is 1.87. The minimum Gasteiger partial charge on any atom is -0.307 e. The molecule has 0 radical (unpaired) electrons. The van der Waals surface area contributed by atoms with Gasteiger partial charge in [0.2, 0.25) is 0 Å². The first-order valence-corrected chi connectivity index (χ1v) is 8.78. The SMILES string of the molecule is CCC1CNC(c2ccccc2)CN1C1(C)CCCCC1. The number of benzene rings is 1. The van der Waals surface area contributed by atoms with E-state index in [-0.39, 0.29) is 0 Å². The Bertz CT molecular complexity index is 436. The third-order valence-corrected chi connectivity index (χ3v) is 5.72. The summed E-state index contributed by atoms with van der Waals surface area (Å²) in [5, 5.41) is 3.78. The van der Waals surface area contributed by atoms with Gasteiger partial charge in [0.1, 0.15) is 0 Å². The van der Waals surface area contributed by atoms with Crippen molar-refractivity contribution in [3.63, 3.8) is 0 Å². The smallest absolute Gasteiger partial charge is 0.0450 e. The predicted molar refractivity (Wildman–Crippen MR) is 89.5 cm³/mol. The van der Waals surface area contributed by atoms with E-state index in [9.17, 15) is 0 Å². The zero-order chi connectivity index (χ0) is 14.7. The Morgan fingerprint density at radius 3 is 2.52 bits per heavy atom. The van der Waals surface area contributed by atoms with Gasteiger partial charge in [-0.05, 0) is 31.7 Å². The molecule has 2 fully saturated rings. The standard InChI is InChI=1S/C19H30N2/c1-3-17-14-20-18(16-10-6-4-7-11-16)15-21(17)19(2)12-8-5-9-13-19/h4,6-7,10-11,17-18,20H,3,5,8-9,12-15H2,1-2H3. The zero-order valence-electron chi connectivity index (χ0n) is 13.6. The highest BCUT2D eigenvalue weighted by atomic mass is 15.3. The number of rotatable bonds is 3. The number of piperazine rings is 1. The van der Waals surface area contributed by atoms with Crippen molar-refractivity contribution in [2.75, 3.05) is 13.1 Å². The molecule has 1 aromatic rings. The lowest BCUT2D eigenvalue weighted by atomic mass is 9.79. The maximum atomic E-state index is 3.78. The van der Waals surface area contributed by atoms with Crippen molar-refractivity contribution in [3.05, 3.63) is 35.9 Å². The number of nitrogens with zero attached hydrogens (tertiary/aromatic N) is 1. The minimum atomic E-state index is 0.425. The second-order valence-electron chi connectivity index (χ2n) is 7.14. The van der Waals surface area contributed by atoms with Crippen molar-refractivity contribution in [1.82, 2.24) is 10.2 Å². The molecule has 3 rings (SSSR count). The third-order valence-electron chi connectivity index (χ3n) is 5.72. The van der Waals surface area contributed by atoms with Crippen LogP contribution in [0.2, 0.25) is 0 Å². The average Bonchev–Trinajstić information content (AvgIpc) is 2.56. The summed E-state index contributed by atoms with van der Waals surface area (Å²) < 4.78 is 0. The van der Waals surface area contributed by atoms with E-state index in [0.29, 0.717) is 17.6 Å². The van der Waals surface area contributed by atoms with Gasteiger partial charge in [0.15, 0.2) is 0 Å². The average molecular weight is 286 g/mol. The first-order chi connectivity index (χ1) is 10.2. The second kappa shape index (κ2) is 6.50. The van der Waals surface area contributed by atoms with Crippen LogP contribution in [0, 0.1) is 0 Å². The molecular weight excluding hydrogens is 256 g/mol. The van der Waals surface area contributed by atoms with Crippen molar-refractivity contribution in [2.45, 2.75) is 70.0 Å². The van der Waals surface area contributed by atoms with Gasteiger partial charge in [-0.1, -0.05) is 56.5 Å². The van der Waals surface area contributed by atoms with E-state index in [2.05, 4.69) is 54.4 Å². The molecule has 1 aromatic carbocycles. The first kappa shape index (κ1) is 15.1. The van der Waals surface area contributed by atoms with Gasteiger partial charge in [0.05, 0.1) is 0 Å². The Kier molecular flexibility index (Phi) is 4.66. The van der Waals surface area contributed by atoms with Gasteiger partial charge < -0.3 is 5.32 Å². The van der Waals surface area contributed by atoms with E-state index < -0.39 is 0 Å². The lowest BCUT2D eigenvalue weighted by molar-refractivity contribution is -0.00493. The molecule has 1 aliphatic heterocycles. The van der Waals surface area contributed by atoms with Gasteiger partial charge in [0.25, 0.3) is 0 Å². The molecule has 1 saturated heterocycles. The molecule has 1 saturated carbocycles. The molecule has 0 amide bonds. The molecule has 1 N–H and O–H groups in total. The lowest BCUT2D eigenvalue weighted by Crippen LogP contribution is -2.61. The fourth-order valence-corrected chi connectivity index (χ4v) is 4.33. The first-order valence-electron chi connectivity index (χ1n) is 8.78. The molecule has 0 aromatic heterocycles. The maximum Gasteiger partial charge on any atom is 0.0450 e. The van der Waals surface area contributed by atoms with Crippen LogP contribution in [0.3, 0.4) is 0 Å². The molecule has 1 aliphatic carbocycles. The van der Waals surface area contributed by atoms with Crippen LogP contribution in [-0.4, -0.2) is 29.6 Å². The summed E-state index contributed by atoms with van der Waals surface area (Å²) >= 11 is 0. The van der Waals surface area contributed by atoms with E-state index in [1.807, 2.05) is 0 Å². The fraction of sp³-hybridized carbons (Fsp3) is 0.684. The summed E-state index contributed by atoms with van der Waals surface area (Å²) in [6, 6.07) is 12.2. The Morgan fingerprint density at radius 1 is 1.14 bits per heavy atom. The van der Waals surface area contributed by atoms with E-state index >= 15 is 0 Å². The van der Waals surface area contributed by atoms with Crippen molar-refractivity contribution < 1.29 is 0 Å². The molecule has 2 aliphatic rings. The summed E-state index contributed by atoms with van der Waals surface area (Å²) in [5.74, 6) is 0. The molecule has 2 heteroatoms. The fourth-order valence-electron chi connectivity index (χ4n) is 4.33. The summed E-state index contributed by atoms with van der Waals surface area (Å²) in [6.45, 7) is 7.15. The van der Waals surface area contributed by atoms with Crippen molar-refractivity contribution >= 4 is 0 Å². The summed E-state index contributed by atoms with van der Waals surface area (Å²) in [6.07, 6.45) is 8.26. The summed E-state index contributed by atoms with van der Waals surface area (Å²) in [4.78, 5) is 2.85. The van der Waals surface area contributed by atoms with Crippen LogP contribution < -0.4 is 5.32 Å². The van der Waals surface area contributed by atoms with Crippen LogP contribution >= 0.6 is 0 Å². The molecule has 2 nitrogen and oxygen atoms in total. The molecular formula is C19H30N2. The second-order valence-corrected chi connectivity index (χ2v) is 7.14. The van der Waals surface area contributed by atoms with Crippen LogP contribution in [0.25, 0.3) is 0 Å². The van der Waals surface area contributed by atoms with E-state index in [0.717, 1.165) is 6.54 Å². The lowest BCUT2D eigenvalue weighted by Gasteiger charge is -2.52. The normalized spacial score (nSPS) is 30.2. The largest absolute Gasteiger partial charge is 0.307 e. The van der Waals surface area contributed by atoms with Gasteiger partial charge in [-0.2, -0.15) is 0 Å². The van der Waals surface area contributed by atoms with Crippen LogP contribution in [0.15, 0.2) is 30.3 Å². The van der Waals surface area contributed by atoms with Gasteiger partial charge in [-0.25, -0.2) is 0 Å². The predicted octanol–water partition coefficient (Wildman–Crippen LogP) is 4.13. The van der Waals surface area contributed by atoms with Gasteiger partial charge in [-0.15, -0.1) is 0 Å². The molecule has 2 atom stereocenters. The third kappa shape index (κ3) is 3.17. The van der Waals surface area contributed by atoms with Crippen LogP contribution in [-0.2, 0) is 0 Å². The van der Waals surface area contributed by atoms with Crippen LogP contribution in [0.4, 0.5) is 0 Å². The van der Waals surface area contributed by atoms with Gasteiger partial charge >= 0.3 is 0 Å². The molecule has 0 bridgehead atoms. The van der Waals surface area contributed by atoms with Crippen LogP contribution in [0.1, 0.15) is 64.0 Å². The highest BCUT2D eigenvalue weighted by Gasteiger charge is 2.40. The monoisotopic (exact) mass is 286 g/mol. The van der Waals surface area contributed by atoms with E-state index in [1.165, 1.54) is 50.6 Å². The van der Waals surface area contributed by atoms with Crippen molar-refractivity contribution in [3.8, 4) is 0 Å². The topological polar surface area (TPSA) is 15.3 Å². The molecule has 0 spiro atoms.